The van der Waals surface area contributed by atoms with Crippen molar-refractivity contribution in [3.8, 4) is 0 Å². The Hall–Kier alpha value is -0.870. The van der Waals surface area contributed by atoms with Gasteiger partial charge in [-0.05, 0) is 19.8 Å². The molecule has 0 aliphatic carbocycles. The predicted molar refractivity (Wildman–Crippen MR) is 71.8 cm³/mol. The van der Waals surface area contributed by atoms with Crippen molar-refractivity contribution in [2.75, 3.05) is 33.0 Å². The molecule has 19 heavy (non-hydrogen) atoms. The third-order valence-corrected chi connectivity index (χ3v) is 4.18. The highest BCUT2D eigenvalue weighted by Gasteiger charge is 2.36. The summed E-state index contributed by atoms with van der Waals surface area (Å²) in [6.07, 6.45) is 3.97. The Morgan fingerprint density at radius 2 is 1.89 bits per heavy atom. The molecule has 0 saturated carbocycles. The van der Waals surface area contributed by atoms with Crippen molar-refractivity contribution in [2.45, 2.75) is 33.6 Å². The van der Waals surface area contributed by atoms with Crippen LogP contribution in [0, 0.1) is 10.8 Å². The van der Waals surface area contributed by atoms with Crippen LogP contribution in [0.25, 0.3) is 0 Å². The molecule has 0 atom stereocenters. The van der Waals surface area contributed by atoms with E-state index in [2.05, 4.69) is 13.8 Å². The van der Waals surface area contributed by atoms with E-state index >= 15 is 0 Å². The van der Waals surface area contributed by atoms with Gasteiger partial charge in [0.25, 0.3) is 0 Å². The highest BCUT2D eigenvalue weighted by Crippen LogP contribution is 2.35. The van der Waals surface area contributed by atoms with E-state index in [1.54, 1.807) is 0 Å². The molecule has 108 valence electrons. The third-order valence-electron chi connectivity index (χ3n) is 4.18. The van der Waals surface area contributed by atoms with Gasteiger partial charge in [-0.15, -0.1) is 0 Å². The Kier molecular flexibility index (Phi) is 4.31. The first-order chi connectivity index (χ1) is 8.99. The molecule has 2 aliphatic heterocycles. The van der Waals surface area contributed by atoms with Crippen LogP contribution in [0.1, 0.15) is 33.6 Å². The third kappa shape index (κ3) is 3.37. The number of rotatable bonds is 6. The summed E-state index contributed by atoms with van der Waals surface area (Å²) in [5.41, 5.74) is 0.959. The second kappa shape index (κ2) is 5.63. The molecule has 0 radical (unpaired) electrons. The van der Waals surface area contributed by atoms with Gasteiger partial charge < -0.3 is 14.2 Å². The van der Waals surface area contributed by atoms with Gasteiger partial charge >= 0.3 is 5.97 Å². The summed E-state index contributed by atoms with van der Waals surface area (Å²) in [6, 6.07) is 0. The molecule has 2 fully saturated rings. The van der Waals surface area contributed by atoms with E-state index in [9.17, 15) is 4.79 Å². The Bertz CT molecular complexity index is 359. The maximum absolute atomic E-state index is 11.9. The first-order valence-corrected chi connectivity index (χ1v) is 6.98. The second-order valence-electron chi connectivity index (χ2n) is 6.32. The summed E-state index contributed by atoms with van der Waals surface area (Å²) in [5, 5.41) is 0. The van der Waals surface area contributed by atoms with E-state index in [-0.39, 0.29) is 16.8 Å². The van der Waals surface area contributed by atoms with Crippen molar-refractivity contribution < 1.29 is 19.0 Å². The maximum Gasteiger partial charge on any atom is 0.333 e. The van der Waals surface area contributed by atoms with Crippen molar-refractivity contribution in [3.63, 3.8) is 0 Å². The molecule has 0 aromatic heterocycles. The fraction of sp³-hybridized carbons (Fsp3) is 0.800. The molecule has 2 aliphatic rings. The Morgan fingerprint density at radius 1 is 1.26 bits per heavy atom. The monoisotopic (exact) mass is 268 g/mol. The van der Waals surface area contributed by atoms with Crippen molar-refractivity contribution in [1.82, 2.24) is 0 Å². The van der Waals surface area contributed by atoms with Crippen LogP contribution in [-0.4, -0.2) is 39.0 Å². The number of allylic oxidation sites excluding steroid dienone is 1. The zero-order valence-electron chi connectivity index (χ0n) is 12.2. The standard InChI is InChI=1S/C15H24O4/c1-4-15(10-18-11-15)6-5-12(2)13(16)19-9-14(3)7-17-8-14/h5H,4,6-11H2,1-3H3. The predicted octanol–water partition coefficient (Wildman–Crippen LogP) is 2.33. The summed E-state index contributed by atoms with van der Waals surface area (Å²) in [5.74, 6) is -0.209. The number of carbonyl (C=O) groups excluding carboxylic acids is 1. The van der Waals surface area contributed by atoms with E-state index in [1.165, 1.54) is 0 Å². The van der Waals surface area contributed by atoms with Crippen LogP contribution in [0.4, 0.5) is 0 Å². The van der Waals surface area contributed by atoms with Gasteiger partial charge in [0.1, 0.15) is 6.61 Å². The molecule has 0 spiro atoms. The van der Waals surface area contributed by atoms with Gasteiger partial charge in [-0.3, -0.25) is 0 Å². The quantitative estimate of drug-likeness (QED) is 0.548. The molecule has 0 unspecified atom stereocenters. The van der Waals surface area contributed by atoms with Gasteiger partial charge in [-0.1, -0.05) is 19.9 Å². The molecular formula is C15H24O4. The fourth-order valence-electron chi connectivity index (χ4n) is 2.20. The highest BCUT2D eigenvalue weighted by molar-refractivity contribution is 5.87. The molecule has 0 bridgehead atoms. The van der Waals surface area contributed by atoms with Gasteiger partial charge in [0, 0.05) is 16.4 Å². The molecule has 0 aromatic carbocycles. The van der Waals surface area contributed by atoms with Gasteiger partial charge in [0.15, 0.2) is 0 Å². The van der Waals surface area contributed by atoms with Crippen LogP contribution in [-0.2, 0) is 19.0 Å². The lowest BCUT2D eigenvalue weighted by Crippen LogP contribution is -2.44. The zero-order valence-corrected chi connectivity index (χ0v) is 12.2. The lowest BCUT2D eigenvalue weighted by Gasteiger charge is -2.40. The first-order valence-electron chi connectivity index (χ1n) is 6.98. The molecule has 4 nitrogen and oxygen atoms in total. The van der Waals surface area contributed by atoms with E-state index in [1.807, 2.05) is 13.0 Å². The van der Waals surface area contributed by atoms with E-state index in [4.69, 9.17) is 14.2 Å². The summed E-state index contributed by atoms with van der Waals surface area (Å²) in [4.78, 5) is 11.9. The summed E-state index contributed by atoms with van der Waals surface area (Å²) >= 11 is 0. The highest BCUT2D eigenvalue weighted by atomic mass is 16.5. The first kappa shape index (κ1) is 14.5. The van der Waals surface area contributed by atoms with Gasteiger partial charge in [-0.2, -0.15) is 0 Å². The molecular weight excluding hydrogens is 244 g/mol. The van der Waals surface area contributed by atoms with Crippen LogP contribution in [0.15, 0.2) is 11.6 Å². The van der Waals surface area contributed by atoms with Crippen LogP contribution in [0.3, 0.4) is 0 Å². The number of hydrogen-bond donors (Lipinski definition) is 0. The van der Waals surface area contributed by atoms with Gasteiger partial charge in [-0.25, -0.2) is 4.79 Å². The average molecular weight is 268 g/mol. The largest absolute Gasteiger partial charge is 0.462 e. The summed E-state index contributed by atoms with van der Waals surface area (Å²) in [6.45, 7) is 9.47. The lowest BCUT2D eigenvalue weighted by molar-refractivity contribution is -0.161. The minimum absolute atomic E-state index is 0.0163. The number of hydrogen-bond acceptors (Lipinski definition) is 4. The molecule has 2 saturated heterocycles. The molecule has 0 aromatic rings. The lowest BCUT2D eigenvalue weighted by atomic mass is 9.79. The van der Waals surface area contributed by atoms with Crippen molar-refractivity contribution in [1.29, 1.82) is 0 Å². The van der Waals surface area contributed by atoms with Gasteiger partial charge in [0.2, 0.25) is 0 Å². The summed E-state index contributed by atoms with van der Waals surface area (Å²) < 4.78 is 15.8. The normalized spacial score (nSPS) is 24.3. The van der Waals surface area contributed by atoms with E-state index in [0.717, 1.165) is 26.1 Å². The van der Waals surface area contributed by atoms with Crippen LogP contribution >= 0.6 is 0 Å². The Labute approximate surface area is 115 Å². The van der Waals surface area contributed by atoms with Crippen molar-refractivity contribution >= 4 is 5.97 Å². The van der Waals surface area contributed by atoms with Crippen LogP contribution < -0.4 is 0 Å². The SMILES string of the molecule is CCC1(CC=C(C)C(=O)OCC2(C)COC2)COC1. The minimum atomic E-state index is -0.209. The average Bonchev–Trinajstić information content (AvgIpc) is 2.32. The van der Waals surface area contributed by atoms with E-state index < -0.39 is 0 Å². The van der Waals surface area contributed by atoms with Crippen molar-refractivity contribution in [3.05, 3.63) is 11.6 Å². The molecule has 2 rings (SSSR count). The molecule has 0 N–H and O–H groups in total. The van der Waals surface area contributed by atoms with Crippen LogP contribution in [0.2, 0.25) is 0 Å². The van der Waals surface area contributed by atoms with Crippen LogP contribution in [0.5, 0.6) is 0 Å². The Morgan fingerprint density at radius 3 is 2.32 bits per heavy atom. The maximum atomic E-state index is 11.9. The number of esters is 1. The fourth-order valence-corrected chi connectivity index (χ4v) is 2.20. The number of ether oxygens (including phenoxy) is 3. The number of carbonyl (C=O) groups is 1. The smallest absolute Gasteiger partial charge is 0.333 e. The van der Waals surface area contributed by atoms with Crippen molar-refractivity contribution in [2.24, 2.45) is 10.8 Å². The summed E-state index contributed by atoms with van der Waals surface area (Å²) in [7, 11) is 0. The minimum Gasteiger partial charge on any atom is -0.462 e. The van der Waals surface area contributed by atoms with E-state index in [0.29, 0.717) is 25.4 Å². The zero-order chi connectivity index (χ0) is 13.9. The molecule has 0 amide bonds. The Balaban J connectivity index is 1.77. The molecule has 2 heterocycles. The second-order valence-corrected chi connectivity index (χ2v) is 6.32. The van der Waals surface area contributed by atoms with Gasteiger partial charge in [0.05, 0.1) is 26.4 Å². The topological polar surface area (TPSA) is 44.8 Å². The molecule has 4 heteroatoms.